The summed E-state index contributed by atoms with van der Waals surface area (Å²) in [6.07, 6.45) is 0. The van der Waals surface area contributed by atoms with Crippen LogP contribution in [0.5, 0.6) is 0 Å². The first-order valence-electron chi connectivity index (χ1n) is 8.76. The Balaban J connectivity index is 1.64. The van der Waals surface area contributed by atoms with Crippen LogP contribution in [-0.4, -0.2) is 46.3 Å². The Labute approximate surface area is 155 Å². The number of nitrogens with zero attached hydrogens (tertiary/aromatic N) is 3. The number of rotatable bonds is 3. The second kappa shape index (κ2) is 6.81. The van der Waals surface area contributed by atoms with E-state index in [0.717, 1.165) is 46.0 Å². The van der Waals surface area contributed by atoms with Crippen molar-refractivity contribution in [2.24, 2.45) is 0 Å². The van der Waals surface area contributed by atoms with E-state index in [1.807, 2.05) is 22.6 Å². The van der Waals surface area contributed by atoms with Crippen molar-refractivity contribution in [2.75, 3.05) is 19.6 Å². The maximum atomic E-state index is 13.1. The third-order valence-corrected chi connectivity index (χ3v) is 5.96. The lowest BCUT2D eigenvalue weighted by atomic mass is 10.2. The Morgan fingerprint density at radius 3 is 2.88 bits per heavy atom. The Bertz CT molecular complexity index is 947. The van der Waals surface area contributed by atoms with E-state index in [-0.39, 0.29) is 17.8 Å². The summed E-state index contributed by atoms with van der Waals surface area (Å²) in [7, 11) is 0. The number of carbonyl (C=O) groups excluding carboxylic acids is 1. The van der Waals surface area contributed by atoms with Gasteiger partial charge in [0.05, 0.1) is 17.1 Å². The van der Waals surface area contributed by atoms with Gasteiger partial charge in [-0.3, -0.25) is 9.48 Å². The van der Waals surface area contributed by atoms with Crippen molar-refractivity contribution in [1.82, 2.24) is 20.0 Å². The average molecular weight is 372 g/mol. The van der Waals surface area contributed by atoms with Gasteiger partial charge in [0.25, 0.3) is 5.91 Å². The minimum absolute atomic E-state index is 0.0907. The lowest BCUT2D eigenvalue weighted by molar-refractivity contribution is 0.0661. The third kappa shape index (κ3) is 3.12. The highest BCUT2D eigenvalue weighted by Gasteiger charge is 2.26. The van der Waals surface area contributed by atoms with Crippen molar-refractivity contribution in [2.45, 2.75) is 26.4 Å². The SMILES string of the molecule is Cc1nn(Cc2ccc(F)cc2)c2sc(C(=O)N3CCNC[C@@H]3C)cc12. The third-order valence-electron chi connectivity index (χ3n) is 4.83. The smallest absolute Gasteiger partial charge is 0.264 e. The van der Waals surface area contributed by atoms with Crippen molar-refractivity contribution in [3.05, 3.63) is 52.3 Å². The van der Waals surface area contributed by atoms with Crippen LogP contribution >= 0.6 is 11.3 Å². The molecule has 3 aromatic rings. The first kappa shape index (κ1) is 17.2. The predicted molar refractivity (Wildman–Crippen MR) is 101 cm³/mol. The number of halogens is 1. The molecule has 26 heavy (non-hydrogen) atoms. The Kier molecular flexibility index (Phi) is 4.50. The molecular formula is C19H21FN4OS. The highest BCUT2D eigenvalue weighted by Crippen LogP contribution is 2.30. The van der Waals surface area contributed by atoms with E-state index in [2.05, 4.69) is 17.3 Å². The fourth-order valence-electron chi connectivity index (χ4n) is 3.37. The van der Waals surface area contributed by atoms with Gasteiger partial charge in [0.1, 0.15) is 10.6 Å². The molecule has 0 aliphatic carbocycles. The van der Waals surface area contributed by atoms with Crippen LogP contribution in [0.3, 0.4) is 0 Å². The minimum atomic E-state index is -0.246. The lowest BCUT2D eigenvalue weighted by Crippen LogP contribution is -2.52. The molecule has 0 radical (unpaired) electrons. The molecule has 4 rings (SSSR count). The molecule has 136 valence electrons. The lowest BCUT2D eigenvalue weighted by Gasteiger charge is -2.33. The molecule has 1 aliphatic heterocycles. The van der Waals surface area contributed by atoms with Crippen LogP contribution in [0.4, 0.5) is 4.39 Å². The van der Waals surface area contributed by atoms with Gasteiger partial charge in [-0.25, -0.2) is 4.39 Å². The van der Waals surface area contributed by atoms with Crippen molar-refractivity contribution in [3.63, 3.8) is 0 Å². The van der Waals surface area contributed by atoms with E-state index < -0.39 is 0 Å². The number of nitrogens with one attached hydrogen (secondary N) is 1. The molecule has 1 aliphatic rings. The van der Waals surface area contributed by atoms with Crippen LogP contribution < -0.4 is 5.32 Å². The topological polar surface area (TPSA) is 50.2 Å². The molecule has 0 saturated carbocycles. The maximum Gasteiger partial charge on any atom is 0.264 e. The molecule has 5 nitrogen and oxygen atoms in total. The van der Waals surface area contributed by atoms with Crippen molar-refractivity contribution < 1.29 is 9.18 Å². The van der Waals surface area contributed by atoms with Gasteiger partial charge in [0, 0.05) is 31.1 Å². The number of hydrogen-bond donors (Lipinski definition) is 1. The summed E-state index contributed by atoms with van der Waals surface area (Å²) in [5.41, 5.74) is 1.89. The number of benzene rings is 1. The zero-order chi connectivity index (χ0) is 18.3. The van der Waals surface area contributed by atoms with Crippen LogP contribution in [0, 0.1) is 12.7 Å². The number of carbonyl (C=O) groups is 1. The van der Waals surface area contributed by atoms with Gasteiger partial charge in [-0.05, 0) is 37.6 Å². The second-order valence-electron chi connectivity index (χ2n) is 6.75. The molecule has 0 spiro atoms. The first-order chi connectivity index (χ1) is 12.5. The summed E-state index contributed by atoms with van der Waals surface area (Å²) < 4.78 is 15.0. The number of amides is 1. The molecule has 1 saturated heterocycles. The zero-order valence-electron chi connectivity index (χ0n) is 14.8. The summed E-state index contributed by atoms with van der Waals surface area (Å²) in [6, 6.07) is 8.59. The average Bonchev–Trinajstić information content (AvgIpc) is 3.19. The van der Waals surface area contributed by atoms with Crippen LogP contribution in [0.25, 0.3) is 10.2 Å². The van der Waals surface area contributed by atoms with E-state index in [0.29, 0.717) is 6.54 Å². The number of aryl methyl sites for hydroxylation is 1. The molecule has 1 atom stereocenters. The van der Waals surface area contributed by atoms with Gasteiger partial charge >= 0.3 is 0 Å². The second-order valence-corrected chi connectivity index (χ2v) is 7.78. The van der Waals surface area contributed by atoms with Gasteiger partial charge < -0.3 is 10.2 Å². The largest absolute Gasteiger partial charge is 0.333 e. The maximum absolute atomic E-state index is 13.1. The van der Waals surface area contributed by atoms with E-state index in [1.54, 1.807) is 12.1 Å². The molecule has 1 aromatic carbocycles. The summed E-state index contributed by atoms with van der Waals surface area (Å²) >= 11 is 1.49. The number of aromatic nitrogens is 2. The van der Waals surface area contributed by atoms with E-state index >= 15 is 0 Å². The fourth-order valence-corrected chi connectivity index (χ4v) is 4.49. The normalized spacial score (nSPS) is 17.8. The minimum Gasteiger partial charge on any atom is -0.333 e. The van der Waals surface area contributed by atoms with E-state index in [1.165, 1.54) is 23.5 Å². The Morgan fingerprint density at radius 1 is 1.38 bits per heavy atom. The molecule has 1 N–H and O–H groups in total. The standard InChI is InChI=1S/C19H21FN4OS/c1-12-10-21-7-8-23(12)18(25)17-9-16-13(2)22-24(19(16)26-17)11-14-3-5-15(20)6-4-14/h3-6,9,12,21H,7-8,10-11H2,1-2H3/t12-/m0/s1. The molecule has 0 unspecified atom stereocenters. The van der Waals surface area contributed by atoms with Crippen LogP contribution in [-0.2, 0) is 6.54 Å². The quantitative estimate of drug-likeness (QED) is 0.769. The summed E-state index contributed by atoms with van der Waals surface area (Å²) in [5.74, 6) is -0.155. The van der Waals surface area contributed by atoms with Crippen LogP contribution in [0.15, 0.2) is 30.3 Å². The zero-order valence-corrected chi connectivity index (χ0v) is 15.6. The van der Waals surface area contributed by atoms with Crippen molar-refractivity contribution in [1.29, 1.82) is 0 Å². The molecular weight excluding hydrogens is 351 g/mol. The summed E-state index contributed by atoms with van der Waals surface area (Å²) in [5, 5.41) is 8.92. The number of piperazine rings is 1. The summed E-state index contributed by atoms with van der Waals surface area (Å²) in [4.78, 5) is 16.6. The van der Waals surface area contributed by atoms with Gasteiger partial charge in [-0.2, -0.15) is 5.10 Å². The molecule has 2 aromatic heterocycles. The number of fused-ring (bicyclic) bond motifs is 1. The van der Waals surface area contributed by atoms with Crippen molar-refractivity contribution in [3.8, 4) is 0 Å². The highest BCUT2D eigenvalue weighted by atomic mass is 32.1. The molecule has 1 fully saturated rings. The summed E-state index contributed by atoms with van der Waals surface area (Å²) in [6.45, 7) is 6.97. The number of hydrogen-bond acceptors (Lipinski definition) is 4. The number of thiophene rings is 1. The van der Waals surface area contributed by atoms with Gasteiger partial charge in [-0.1, -0.05) is 12.1 Å². The molecule has 0 bridgehead atoms. The van der Waals surface area contributed by atoms with Crippen LogP contribution in [0.1, 0.15) is 27.9 Å². The van der Waals surface area contributed by atoms with Gasteiger partial charge in [-0.15, -0.1) is 11.3 Å². The predicted octanol–water partition coefficient (Wildman–Crippen LogP) is 3.03. The Hall–Kier alpha value is -2.25. The molecule has 1 amide bonds. The monoisotopic (exact) mass is 372 g/mol. The van der Waals surface area contributed by atoms with Gasteiger partial charge in [0.2, 0.25) is 0 Å². The fraction of sp³-hybridized carbons (Fsp3) is 0.368. The van der Waals surface area contributed by atoms with Crippen LogP contribution in [0.2, 0.25) is 0 Å². The first-order valence-corrected chi connectivity index (χ1v) is 9.57. The van der Waals surface area contributed by atoms with E-state index in [9.17, 15) is 9.18 Å². The van der Waals surface area contributed by atoms with Gasteiger partial charge in [0.15, 0.2) is 0 Å². The van der Waals surface area contributed by atoms with Crippen molar-refractivity contribution >= 4 is 27.5 Å². The molecule has 3 heterocycles. The highest BCUT2D eigenvalue weighted by molar-refractivity contribution is 7.20. The molecule has 7 heteroatoms. The Morgan fingerprint density at radius 2 is 2.15 bits per heavy atom. The van der Waals surface area contributed by atoms with E-state index in [4.69, 9.17) is 0 Å².